The van der Waals surface area contributed by atoms with Crippen molar-refractivity contribution < 1.29 is 4.79 Å². The lowest BCUT2D eigenvalue weighted by molar-refractivity contribution is -0.133. The van der Waals surface area contributed by atoms with E-state index in [0.717, 1.165) is 23.7 Å². The van der Waals surface area contributed by atoms with Crippen molar-refractivity contribution in [1.82, 2.24) is 0 Å². The van der Waals surface area contributed by atoms with Crippen molar-refractivity contribution in [2.45, 2.75) is 85.0 Å². The third-order valence-electron chi connectivity index (χ3n) is 9.07. The molecule has 0 spiro atoms. The average molecular weight is 303 g/mol. The molecule has 6 unspecified atom stereocenters. The van der Waals surface area contributed by atoms with Crippen molar-refractivity contribution in [3.05, 3.63) is 0 Å². The molecule has 0 bridgehead atoms. The maximum absolute atomic E-state index is 12.2. The molecule has 0 amide bonds. The molecule has 0 saturated heterocycles. The summed E-state index contributed by atoms with van der Waals surface area (Å²) in [5.41, 5.74) is 0.974. The molecule has 4 saturated carbocycles. The second-order valence-corrected chi connectivity index (χ2v) is 9.69. The molecule has 0 N–H and O–H groups in total. The molecule has 0 radical (unpaired) electrons. The minimum atomic E-state index is 0.338. The molecule has 0 heterocycles. The summed E-state index contributed by atoms with van der Waals surface area (Å²) in [5, 5.41) is 0. The van der Waals surface area contributed by atoms with Gasteiger partial charge < -0.3 is 0 Å². The first-order valence-electron chi connectivity index (χ1n) is 9.97. The predicted octanol–water partition coefficient (Wildman–Crippen LogP) is 5.62. The summed E-state index contributed by atoms with van der Waals surface area (Å²) in [4.78, 5) is 12.2. The zero-order valence-corrected chi connectivity index (χ0v) is 14.9. The van der Waals surface area contributed by atoms with Gasteiger partial charge in [0.2, 0.25) is 0 Å². The molecule has 0 aromatic rings. The Balaban J connectivity index is 1.63. The van der Waals surface area contributed by atoms with E-state index in [1.807, 2.05) is 6.92 Å². The van der Waals surface area contributed by atoms with Crippen LogP contribution in [-0.2, 0) is 4.79 Å². The highest BCUT2D eigenvalue weighted by Crippen LogP contribution is 2.67. The van der Waals surface area contributed by atoms with Gasteiger partial charge in [-0.05, 0) is 92.8 Å². The van der Waals surface area contributed by atoms with Crippen LogP contribution in [0.1, 0.15) is 85.0 Å². The first kappa shape index (κ1) is 15.2. The Labute approximate surface area is 136 Å². The van der Waals surface area contributed by atoms with Gasteiger partial charge in [0.15, 0.2) is 0 Å². The summed E-state index contributed by atoms with van der Waals surface area (Å²) in [5.74, 6) is 4.60. The van der Waals surface area contributed by atoms with Crippen molar-refractivity contribution in [2.24, 2.45) is 40.4 Å². The fourth-order valence-electron chi connectivity index (χ4n) is 7.96. The lowest BCUT2D eigenvalue weighted by Gasteiger charge is -2.60. The Bertz CT molecular complexity index is 469. The van der Waals surface area contributed by atoms with Gasteiger partial charge in [0.05, 0.1) is 0 Å². The predicted molar refractivity (Wildman–Crippen MR) is 90.5 cm³/mol. The van der Waals surface area contributed by atoms with E-state index in [0.29, 0.717) is 22.5 Å². The zero-order valence-electron chi connectivity index (χ0n) is 14.9. The average Bonchev–Trinajstić information content (AvgIpc) is 2.84. The Morgan fingerprint density at radius 2 is 1.59 bits per heavy atom. The fraction of sp³-hybridized carbons (Fsp3) is 0.952. The summed E-state index contributed by atoms with van der Waals surface area (Å²) in [7, 11) is 0. The number of fused-ring (bicyclic) bond motifs is 5. The van der Waals surface area contributed by atoms with Gasteiger partial charge in [-0.25, -0.2) is 0 Å². The van der Waals surface area contributed by atoms with E-state index in [9.17, 15) is 4.79 Å². The summed E-state index contributed by atoms with van der Waals surface area (Å²) < 4.78 is 0. The van der Waals surface area contributed by atoms with Crippen molar-refractivity contribution in [2.75, 3.05) is 0 Å². The number of ketones is 1. The smallest absolute Gasteiger partial charge is 0.133 e. The molecule has 1 heteroatoms. The number of carbonyl (C=O) groups is 1. The topological polar surface area (TPSA) is 17.1 Å². The van der Waals surface area contributed by atoms with Crippen LogP contribution in [0.25, 0.3) is 0 Å². The van der Waals surface area contributed by atoms with E-state index < -0.39 is 0 Å². The lowest BCUT2D eigenvalue weighted by atomic mass is 9.45. The van der Waals surface area contributed by atoms with Gasteiger partial charge in [0.1, 0.15) is 5.78 Å². The molecule has 4 fully saturated rings. The van der Waals surface area contributed by atoms with E-state index in [1.165, 1.54) is 64.2 Å². The standard InChI is InChI=1S/C21H34O/c1-14(22)17-9-10-18-16-8-7-15-6-4-5-12-20(15,2)19(16)11-13-21(17,18)3/h15-19H,4-13H2,1-3H3/t15-,16?,17?,18?,19?,20?,21?/m1/s1. The second-order valence-electron chi connectivity index (χ2n) is 9.69. The van der Waals surface area contributed by atoms with Crippen LogP contribution in [0.15, 0.2) is 0 Å². The normalized spacial score (nSPS) is 54.2. The Morgan fingerprint density at radius 1 is 0.818 bits per heavy atom. The van der Waals surface area contributed by atoms with Crippen LogP contribution in [0, 0.1) is 40.4 Å². The van der Waals surface area contributed by atoms with Crippen LogP contribution in [0.5, 0.6) is 0 Å². The summed E-state index contributed by atoms with van der Waals surface area (Å²) in [6, 6.07) is 0. The molecule has 7 atom stereocenters. The number of hydrogen-bond donors (Lipinski definition) is 0. The first-order chi connectivity index (χ1) is 10.5. The third kappa shape index (κ3) is 1.93. The Hall–Kier alpha value is -0.330. The first-order valence-corrected chi connectivity index (χ1v) is 9.97. The van der Waals surface area contributed by atoms with Crippen molar-refractivity contribution in [3.8, 4) is 0 Å². The molecule has 124 valence electrons. The molecule has 4 aliphatic rings. The largest absolute Gasteiger partial charge is 0.300 e. The minimum absolute atomic E-state index is 0.338. The van der Waals surface area contributed by atoms with Crippen LogP contribution in [0.2, 0.25) is 0 Å². The zero-order chi connectivity index (χ0) is 15.5. The highest BCUT2D eigenvalue weighted by Gasteiger charge is 2.60. The number of hydrogen-bond acceptors (Lipinski definition) is 1. The van der Waals surface area contributed by atoms with Gasteiger partial charge in [-0.15, -0.1) is 0 Å². The Kier molecular flexibility index (Phi) is 3.51. The number of Topliss-reactive ketones (excluding diaryl/α,β-unsaturated/α-hetero) is 1. The number of carbonyl (C=O) groups excluding carboxylic acids is 1. The van der Waals surface area contributed by atoms with Crippen LogP contribution in [0.3, 0.4) is 0 Å². The van der Waals surface area contributed by atoms with Gasteiger partial charge >= 0.3 is 0 Å². The van der Waals surface area contributed by atoms with Crippen LogP contribution in [0.4, 0.5) is 0 Å². The summed E-state index contributed by atoms with van der Waals surface area (Å²) in [6.07, 6.45) is 14.1. The van der Waals surface area contributed by atoms with Crippen LogP contribution >= 0.6 is 0 Å². The molecular weight excluding hydrogens is 268 g/mol. The fourth-order valence-corrected chi connectivity index (χ4v) is 7.96. The van der Waals surface area contributed by atoms with E-state index in [-0.39, 0.29) is 0 Å². The summed E-state index contributed by atoms with van der Waals surface area (Å²) in [6.45, 7) is 6.97. The monoisotopic (exact) mass is 302 g/mol. The number of rotatable bonds is 1. The maximum atomic E-state index is 12.2. The van der Waals surface area contributed by atoms with Gasteiger partial charge in [-0.1, -0.05) is 26.7 Å². The van der Waals surface area contributed by atoms with Gasteiger partial charge in [-0.3, -0.25) is 4.79 Å². The minimum Gasteiger partial charge on any atom is -0.300 e. The third-order valence-corrected chi connectivity index (χ3v) is 9.07. The molecule has 0 aromatic heterocycles. The van der Waals surface area contributed by atoms with Gasteiger partial charge in [-0.2, -0.15) is 0 Å². The molecule has 0 aliphatic heterocycles. The van der Waals surface area contributed by atoms with Gasteiger partial charge in [0.25, 0.3) is 0 Å². The highest BCUT2D eigenvalue weighted by atomic mass is 16.1. The van der Waals surface area contributed by atoms with E-state index in [2.05, 4.69) is 13.8 Å². The summed E-state index contributed by atoms with van der Waals surface area (Å²) >= 11 is 0. The molecular formula is C21H34O. The van der Waals surface area contributed by atoms with E-state index >= 15 is 0 Å². The molecule has 22 heavy (non-hydrogen) atoms. The molecule has 0 aromatic carbocycles. The highest BCUT2D eigenvalue weighted by molar-refractivity contribution is 5.79. The molecule has 4 rings (SSSR count). The van der Waals surface area contributed by atoms with Crippen molar-refractivity contribution in [3.63, 3.8) is 0 Å². The molecule has 4 aliphatic carbocycles. The van der Waals surface area contributed by atoms with Crippen molar-refractivity contribution in [1.29, 1.82) is 0 Å². The van der Waals surface area contributed by atoms with Crippen molar-refractivity contribution >= 4 is 5.78 Å². The Morgan fingerprint density at radius 3 is 2.36 bits per heavy atom. The van der Waals surface area contributed by atoms with Gasteiger partial charge in [0, 0.05) is 5.92 Å². The molecule has 1 nitrogen and oxygen atoms in total. The van der Waals surface area contributed by atoms with Crippen LogP contribution in [-0.4, -0.2) is 5.78 Å². The quantitative estimate of drug-likeness (QED) is 0.614. The van der Waals surface area contributed by atoms with Crippen LogP contribution < -0.4 is 0 Å². The second kappa shape index (κ2) is 5.08. The van der Waals surface area contributed by atoms with E-state index in [4.69, 9.17) is 0 Å². The maximum Gasteiger partial charge on any atom is 0.133 e. The van der Waals surface area contributed by atoms with E-state index in [1.54, 1.807) is 0 Å². The SMILES string of the molecule is CC(=O)C1CCC2C3CC[C@H]4CCCCC4(C)C3CCC12C. The lowest BCUT2D eigenvalue weighted by Crippen LogP contribution is -2.53.